The van der Waals surface area contributed by atoms with Crippen LogP contribution in [-0.4, -0.2) is 31.8 Å². The van der Waals surface area contributed by atoms with Crippen molar-refractivity contribution in [2.75, 3.05) is 6.54 Å². The van der Waals surface area contributed by atoms with E-state index < -0.39 is 14.9 Å². The Balaban J connectivity index is 1.62. The summed E-state index contributed by atoms with van der Waals surface area (Å²) in [6.45, 7) is 4.33. The molecule has 1 amide bonds. The highest BCUT2D eigenvalue weighted by Gasteiger charge is 2.27. The van der Waals surface area contributed by atoms with Crippen molar-refractivity contribution in [3.05, 3.63) is 70.3 Å². The van der Waals surface area contributed by atoms with Crippen LogP contribution in [0.3, 0.4) is 0 Å². The van der Waals surface area contributed by atoms with E-state index in [0.717, 1.165) is 31.2 Å². The maximum atomic E-state index is 13.2. The predicted octanol–water partition coefficient (Wildman–Crippen LogP) is 4.45. The summed E-state index contributed by atoms with van der Waals surface area (Å²) >= 11 is 0. The Bertz CT molecular complexity index is 1080. The van der Waals surface area contributed by atoms with Crippen molar-refractivity contribution in [1.29, 1.82) is 0 Å². The molecule has 2 N–H and O–H groups in total. The van der Waals surface area contributed by atoms with Gasteiger partial charge in [-0.25, -0.2) is 13.1 Å². The third-order valence-corrected chi connectivity index (χ3v) is 8.16. The molecule has 1 aliphatic rings. The molecule has 1 fully saturated rings. The maximum Gasteiger partial charge on any atom is 0.269 e. The van der Waals surface area contributed by atoms with Gasteiger partial charge in [0.05, 0.1) is 9.82 Å². The zero-order chi connectivity index (χ0) is 25.4. The van der Waals surface area contributed by atoms with Gasteiger partial charge < -0.3 is 5.32 Å². The van der Waals surface area contributed by atoms with Crippen molar-refractivity contribution in [2.24, 2.45) is 17.8 Å². The average molecular weight is 502 g/mol. The van der Waals surface area contributed by atoms with E-state index in [4.69, 9.17) is 0 Å². The second-order valence-corrected chi connectivity index (χ2v) is 11.6. The number of nitro benzene ring substituents is 1. The highest BCUT2D eigenvalue weighted by atomic mass is 32.2. The van der Waals surface area contributed by atoms with Crippen LogP contribution in [0.5, 0.6) is 0 Å². The fourth-order valence-corrected chi connectivity index (χ4v) is 5.72. The van der Waals surface area contributed by atoms with Crippen LogP contribution in [0, 0.1) is 27.9 Å². The minimum absolute atomic E-state index is 0.0264. The molecule has 35 heavy (non-hydrogen) atoms. The Kier molecular flexibility index (Phi) is 9.40. The van der Waals surface area contributed by atoms with E-state index in [2.05, 4.69) is 17.0 Å². The number of carbonyl (C=O) groups excluding carboxylic acids is 1. The van der Waals surface area contributed by atoms with Gasteiger partial charge in [-0.3, -0.25) is 14.9 Å². The van der Waals surface area contributed by atoms with Gasteiger partial charge >= 0.3 is 0 Å². The fourth-order valence-electron chi connectivity index (χ4n) is 4.56. The van der Waals surface area contributed by atoms with Gasteiger partial charge in [0.15, 0.2) is 0 Å². The number of non-ortho nitro benzene ring substituents is 1. The smallest absolute Gasteiger partial charge is 0.269 e. The van der Waals surface area contributed by atoms with E-state index in [0.29, 0.717) is 18.8 Å². The molecule has 0 spiro atoms. The molecule has 3 rings (SSSR count). The Morgan fingerprint density at radius 1 is 1.06 bits per heavy atom. The van der Waals surface area contributed by atoms with Crippen LogP contribution in [0.2, 0.25) is 0 Å². The van der Waals surface area contributed by atoms with Crippen molar-refractivity contribution >= 4 is 21.6 Å². The summed E-state index contributed by atoms with van der Waals surface area (Å²) in [5.74, 6) is 0.370. The van der Waals surface area contributed by atoms with Gasteiger partial charge in [0, 0.05) is 30.6 Å². The van der Waals surface area contributed by atoms with Gasteiger partial charge in [0.25, 0.3) is 5.69 Å². The number of rotatable bonds is 11. The first-order valence-electron chi connectivity index (χ1n) is 12.2. The fraction of sp³-hybridized carbons (Fsp3) is 0.500. The summed E-state index contributed by atoms with van der Waals surface area (Å²) in [6.07, 6.45) is 5.36. The van der Waals surface area contributed by atoms with Crippen LogP contribution in [0.25, 0.3) is 0 Å². The Morgan fingerprint density at radius 2 is 1.69 bits per heavy atom. The van der Waals surface area contributed by atoms with Crippen LogP contribution in [0.15, 0.2) is 59.5 Å². The SMILES string of the molecule is CC1CCC(NC(=O)[C@@H](Cc2ccccc2)C[C@H](C)CNS(=O)(=O)c2ccc([N+](=O)[O-])cc2)CC1. The standard InChI is InChI=1S/C26H35N3O5S/c1-19-8-10-23(11-9-19)28-26(30)22(17-21-6-4-3-5-7-21)16-20(2)18-27-35(33,34)25-14-12-24(13-15-25)29(31)32/h3-7,12-15,19-20,22-23,27H,8-11,16-18H2,1-2H3,(H,28,30)/t19?,20-,22+,23?/m0/s1. The predicted molar refractivity (Wildman–Crippen MR) is 135 cm³/mol. The number of nitrogens with one attached hydrogen (secondary N) is 2. The number of hydrogen-bond acceptors (Lipinski definition) is 5. The normalized spacial score (nSPS) is 20.1. The molecule has 2 aromatic rings. The number of carbonyl (C=O) groups is 1. The maximum absolute atomic E-state index is 13.2. The van der Waals surface area contributed by atoms with E-state index in [9.17, 15) is 23.3 Å². The molecule has 190 valence electrons. The molecule has 8 nitrogen and oxygen atoms in total. The summed E-state index contributed by atoms with van der Waals surface area (Å²) in [4.78, 5) is 23.5. The summed E-state index contributed by atoms with van der Waals surface area (Å²) in [6, 6.07) is 14.8. The molecule has 1 saturated carbocycles. The molecule has 0 unspecified atom stereocenters. The molecule has 0 bridgehead atoms. The number of amides is 1. The van der Waals surface area contributed by atoms with E-state index in [1.54, 1.807) is 0 Å². The molecule has 0 heterocycles. The second-order valence-electron chi connectivity index (χ2n) is 9.80. The monoisotopic (exact) mass is 501 g/mol. The number of nitrogens with zero attached hydrogens (tertiary/aromatic N) is 1. The highest BCUT2D eigenvalue weighted by Crippen LogP contribution is 2.25. The van der Waals surface area contributed by atoms with Crippen LogP contribution >= 0.6 is 0 Å². The van der Waals surface area contributed by atoms with Gasteiger partial charge in [-0.1, -0.05) is 44.2 Å². The summed E-state index contributed by atoms with van der Waals surface area (Å²) in [5.41, 5.74) is 0.906. The highest BCUT2D eigenvalue weighted by molar-refractivity contribution is 7.89. The molecule has 0 aliphatic heterocycles. The third-order valence-electron chi connectivity index (χ3n) is 6.72. The zero-order valence-electron chi connectivity index (χ0n) is 20.4. The molecular formula is C26H35N3O5S. The van der Waals surface area contributed by atoms with Crippen molar-refractivity contribution in [1.82, 2.24) is 10.0 Å². The lowest BCUT2D eigenvalue weighted by Crippen LogP contribution is -2.42. The molecule has 9 heteroatoms. The Labute approximate surface area is 207 Å². The second kappa shape index (κ2) is 12.3. The van der Waals surface area contributed by atoms with Crippen molar-refractivity contribution in [3.8, 4) is 0 Å². The minimum Gasteiger partial charge on any atom is -0.353 e. The lowest BCUT2D eigenvalue weighted by Gasteiger charge is -2.29. The van der Waals surface area contributed by atoms with Crippen molar-refractivity contribution in [3.63, 3.8) is 0 Å². The third kappa shape index (κ3) is 8.14. The molecule has 2 aromatic carbocycles. The molecular weight excluding hydrogens is 466 g/mol. The number of benzene rings is 2. The van der Waals surface area contributed by atoms with Crippen LogP contribution in [0.4, 0.5) is 5.69 Å². The minimum atomic E-state index is -3.81. The van der Waals surface area contributed by atoms with Crippen LogP contribution in [-0.2, 0) is 21.2 Å². The number of hydrogen-bond donors (Lipinski definition) is 2. The quantitative estimate of drug-likeness (QED) is 0.348. The Morgan fingerprint density at radius 3 is 2.29 bits per heavy atom. The van der Waals surface area contributed by atoms with Gasteiger partial charge in [0.1, 0.15) is 0 Å². The van der Waals surface area contributed by atoms with E-state index in [1.807, 2.05) is 37.3 Å². The lowest BCUT2D eigenvalue weighted by atomic mass is 9.86. The summed E-state index contributed by atoms with van der Waals surface area (Å²) in [5, 5.41) is 14.1. The lowest BCUT2D eigenvalue weighted by molar-refractivity contribution is -0.384. The van der Waals surface area contributed by atoms with Gasteiger partial charge in [0.2, 0.25) is 15.9 Å². The van der Waals surface area contributed by atoms with Crippen molar-refractivity contribution < 1.29 is 18.1 Å². The van der Waals surface area contributed by atoms with Crippen LogP contribution in [0.1, 0.15) is 51.5 Å². The largest absolute Gasteiger partial charge is 0.353 e. The first kappa shape index (κ1) is 26.8. The van der Waals surface area contributed by atoms with Crippen LogP contribution < -0.4 is 10.0 Å². The first-order chi connectivity index (χ1) is 16.6. The molecule has 0 radical (unpaired) electrons. The molecule has 2 atom stereocenters. The first-order valence-corrected chi connectivity index (χ1v) is 13.7. The van der Waals surface area contributed by atoms with Gasteiger partial charge in [-0.05, 0) is 68.1 Å². The average Bonchev–Trinajstić information content (AvgIpc) is 2.84. The molecule has 1 aliphatic carbocycles. The zero-order valence-corrected chi connectivity index (χ0v) is 21.2. The Hall–Kier alpha value is -2.78. The van der Waals surface area contributed by atoms with E-state index >= 15 is 0 Å². The topological polar surface area (TPSA) is 118 Å². The molecule has 0 aromatic heterocycles. The van der Waals surface area contributed by atoms with E-state index in [1.165, 1.54) is 24.3 Å². The molecule has 0 saturated heterocycles. The number of nitro groups is 1. The summed E-state index contributed by atoms with van der Waals surface area (Å²) in [7, 11) is -3.81. The van der Waals surface area contributed by atoms with Crippen molar-refractivity contribution in [2.45, 2.75) is 63.3 Å². The van der Waals surface area contributed by atoms with Gasteiger partial charge in [-0.2, -0.15) is 0 Å². The summed E-state index contributed by atoms with van der Waals surface area (Å²) < 4.78 is 27.9. The number of sulfonamides is 1. The van der Waals surface area contributed by atoms with Gasteiger partial charge in [-0.15, -0.1) is 0 Å². The van der Waals surface area contributed by atoms with E-state index in [-0.39, 0.29) is 40.9 Å².